The third-order valence-electron chi connectivity index (χ3n) is 3.34. The summed E-state index contributed by atoms with van der Waals surface area (Å²) in [7, 11) is 1.86. The van der Waals surface area contributed by atoms with Gasteiger partial charge >= 0.3 is 6.03 Å². The first-order valence-electron chi connectivity index (χ1n) is 7.23. The van der Waals surface area contributed by atoms with E-state index in [1.807, 2.05) is 13.2 Å². The number of hydrogen-bond acceptors (Lipinski definition) is 4. The van der Waals surface area contributed by atoms with Crippen molar-refractivity contribution in [2.75, 3.05) is 11.9 Å². The van der Waals surface area contributed by atoms with Crippen molar-refractivity contribution in [2.24, 2.45) is 7.05 Å². The first-order chi connectivity index (χ1) is 11.0. The Morgan fingerprint density at radius 2 is 2.22 bits per heavy atom. The highest BCUT2D eigenvalue weighted by molar-refractivity contribution is 5.89. The second kappa shape index (κ2) is 7.39. The number of nitrogens with one attached hydrogen (secondary N) is 2. The summed E-state index contributed by atoms with van der Waals surface area (Å²) in [6.45, 7) is 2.17. The van der Waals surface area contributed by atoms with Crippen LogP contribution in [-0.4, -0.2) is 27.3 Å². The van der Waals surface area contributed by atoms with Crippen LogP contribution in [0.1, 0.15) is 17.5 Å². The summed E-state index contributed by atoms with van der Waals surface area (Å²) in [6.07, 6.45) is 5.39. The number of nitrogens with zero attached hydrogens (tertiary/aromatic N) is 3. The quantitative estimate of drug-likeness (QED) is 0.485. The van der Waals surface area contributed by atoms with E-state index in [-0.39, 0.29) is 11.7 Å². The van der Waals surface area contributed by atoms with Crippen LogP contribution in [-0.2, 0) is 13.5 Å². The first kappa shape index (κ1) is 16.5. The Hall–Kier alpha value is -2.90. The predicted octanol–water partition coefficient (Wildman–Crippen LogP) is 2.39. The summed E-state index contributed by atoms with van der Waals surface area (Å²) in [5.74, 6) is 0. The molecule has 0 bridgehead atoms. The van der Waals surface area contributed by atoms with Gasteiger partial charge in [-0.1, -0.05) is 0 Å². The lowest BCUT2D eigenvalue weighted by Crippen LogP contribution is -2.29. The van der Waals surface area contributed by atoms with Crippen molar-refractivity contribution in [3.8, 4) is 0 Å². The molecule has 2 rings (SSSR count). The van der Waals surface area contributed by atoms with Crippen LogP contribution in [0.3, 0.4) is 0 Å². The van der Waals surface area contributed by atoms with Crippen LogP contribution in [0.4, 0.5) is 16.2 Å². The van der Waals surface area contributed by atoms with Crippen LogP contribution in [0.15, 0.2) is 30.6 Å². The Bertz CT molecular complexity index is 711. The number of amides is 2. The monoisotopic (exact) mass is 317 g/mol. The van der Waals surface area contributed by atoms with Crippen molar-refractivity contribution in [1.82, 2.24) is 15.1 Å². The van der Waals surface area contributed by atoms with Crippen molar-refractivity contribution < 1.29 is 9.72 Å². The minimum atomic E-state index is -0.447. The number of carbonyl (C=O) groups excluding carboxylic acids is 1. The number of aryl methyl sites for hydroxylation is 3. The first-order valence-corrected chi connectivity index (χ1v) is 7.23. The van der Waals surface area contributed by atoms with E-state index in [0.717, 1.165) is 18.4 Å². The van der Waals surface area contributed by atoms with E-state index in [2.05, 4.69) is 15.7 Å². The van der Waals surface area contributed by atoms with Crippen LogP contribution in [0, 0.1) is 17.0 Å². The molecule has 0 aliphatic heterocycles. The fourth-order valence-electron chi connectivity index (χ4n) is 2.21. The third-order valence-corrected chi connectivity index (χ3v) is 3.34. The normalized spacial score (nSPS) is 10.3. The average Bonchev–Trinajstić information content (AvgIpc) is 2.89. The van der Waals surface area contributed by atoms with E-state index in [1.165, 1.54) is 12.1 Å². The number of nitro benzene ring substituents is 1. The number of carbonyl (C=O) groups is 1. The van der Waals surface area contributed by atoms with Crippen LogP contribution in [0.25, 0.3) is 0 Å². The van der Waals surface area contributed by atoms with Crippen molar-refractivity contribution in [2.45, 2.75) is 19.8 Å². The Balaban J connectivity index is 1.76. The van der Waals surface area contributed by atoms with Gasteiger partial charge in [-0.15, -0.1) is 0 Å². The van der Waals surface area contributed by atoms with E-state index >= 15 is 0 Å². The van der Waals surface area contributed by atoms with Crippen molar-refractivity contribution in [3.63, 3.8) is 0 Å². The van der Waals surface area contributed by atoms with E-state index in [4.69, 9.17) is 0 Å². The van der Waals surface area contributed by atoms with Crippen LogP contribution in [0.2, 0.25) is 0 Å². The molecule has 0 atom stereocenters. The molecule has 0 spiro atoms. The van der Waals surface area contributed by atoms with Gasteiger partial charge in [0, 0.05) is 37.1 Å². The maximum absolute atomic E-state index is 11.8. The molecule has 122 valence electrons. The van der Waals surface area contributed by atoms with Crippen LogP contribution in [0.5, 0.6) is 0 Å². The predicted molar refractivity (Wildman–Crippen MR) is 86.4 cm³/mol. The molecule has 2 aromatic rings. The van der Waals surface area contributed by atoms with E-state index in [9.17, 15) is 14.9 Å². The van der Waals surface area contributed by atoms with Gasteiger partial charge in [0.1, 0.15) is 0 Å². The minimum Gasteiger partial charge on any atom is -0.338 e. The smallest absolute Gasteiger partial charge is 0.319 e. The molecule has 0 saturated carbocycles. The van der Waals surface area contributed by atoms with Gasteiger partial charge in [-0.2, -0.15) is 5.10 Å². The second-order valence-electron chi connectivity index (χ2n) is 5.27. The van der Waals surface area contributed by atoms with Crippen molar-refractivity contribution >= 4 is 17.4 Å². The maximum Gasteiger partial charge on any atom is 0.319 e. The second-order valence-corrected chi connectivity index (χ2v) is 5.27. The summed E-state index contributed by atoms with van der Waals surface area (Å²) in [4.78, 5) is 22.1. The number of anilines is 1. The summed E-state index contributed by atoms with van der Waals surface area (Å²) < 4.78 is 1.74. The Morgan fingerprint density at radius 3 is 2.83 bits per heavy atom. The third kappa shape index (κ3) is 4.80. The molecule has 23 heavy (non-hydrogen) atoms. The Kier molecular flexibility index (Phi) is 5.29. The molecule has 8 heteroatoms. The molecule has 2 N–H and O–H groups in total. The summed E-state index contributed by atoms with van der Waals surface area (Å²) in [5.41, 5.74) is 2.19. The zero-order valence-corrected chi connectivity index (χ0v) is 13.1. The molecule has 8 nitrogen and oxygen atoms in total. The lowest BCUT2D eigenvalue weighted by Gasteiger charge is -2.08. The number of aromatic nitrogens is 2. The zero-order valence-electron chi connectivity index (χ0n) is 13.1. The molecule has 0 saturated heterocycles. The van der Waals surface area contributed by atoms with Crippen molar-refractivity contribution in [3.05, 3.63) is 51.8 Å². The fourth-order valence-corrected chi connectivity index (χ4v) is 2.21. The van der Waals surface area contributed by atoms with E-state index in [0.29, 0.717) is 17.8 Å². The largest absolute Gasteiger partial charge is 0.338 e. The Morgan fingerprint density at radius 1 is 1.43 bits per heavy atom. The average molecular weight is 317 g/mol. The highest BCUT2D eigenvalue weighted by atomic mass is 16.6. The molecule has 1 heterocycles. The zero-order chi connectivity index (χ0) is 16.8. The van der Waals surface area contributed by atoms with Crippen molar-refractivity contribution in [1.29, 1.82) is 0 Å². The van der Waals surface area contributed by atoms with Gasteiger partial charge < -0.3 is 10.6 Å². The molecule has 0 aliphatic carbocycles. The molecular weight excluding hydrogens is 298 g/mol. The lowest BCUT2D eigenvalue weighted by molar-refractivity contribution is -0.385. The highest BCUT2D eigenvalue weighted by Gasteiger charge is 2.11. The summed E-state index contributed by atoms with van der Waals surface area (Å²) in [6, 6.07) is 4.14. The number of urea groups is 1. The molecule has 1 aromatic heterocycles. The molecule has 1 aromatic carbocycles. The SMILES string of the molecule is Cc1cc(NC(=O)NCCCc2cnn(C)c2)ccc1[N+](=O)[O-]. The molecule has 0 unspecified atom stereocenters. The number of nitro groups is 1. The van der Waals surface area contributed by atoms with E-state index in [1.54, 1.807) is 23.9 Å². The van der Waals surface area contributed by atoms with E-state index < -0.39 is 4.92 Å². The fraction of sp³-hybridized carbons (Fsp3) is 0.333. The van der Waals surface area contributed by atoms with Gasteiger partial charge in [-0.05, 0) is 37.5 Å². The van der Waals surface area contributed by atoms with Gasteiger partial charge in [-0.25, -0.2) is 4.79 Å². The molecule has 2 amide bonds. The Labute approximate surface area is 133 Å². The van der Waals surface area contributed by atoms with Crippen LogP contribution < -0.4 is 10.6 Å². The van der Waals surface area contributed by atoms with Gasteiger partial charge in [0.15, 0.2) is 0 Å². The minimum absolute atomic E-state index is 0.0347. The lowest BCUT2D eigenvalue weighted by atomic mass is 10.2. The number of benzene rings is 1. The highest BCUT2D eigenvalue weighted by Crippen LogP contribution is 2.21. The standard InChI is InChI=1S/C15H19N5O3/c1-11-8-13(5-6-14(11)20(22)23)18-15(21)16-7-3-4-12-9-17-19(2)10-12/h5-6,8-10H,3-4,7H2,1-2H3,(H2,16,18,21). The topological polar surface area (TPSA) is 102 Å². The van der Waals surface area contributed by atoms with Gasteiger partial charge in [0.05, 0.1) is 11.1 Å². The number of hydrogen-bond donors (Lipinski definition) is 2. The number of rotatable bonds is 6. The molecular formula is C15H19N5O3. The van der Waals surface area contributed by atoms with Gasteiger partial charge in [0.25, 0.3) is 5.69 Å². The maximum atomic E-state index is 11.8. The van der Waals surface area contributed by atoms with Crippen LogP contribution >= 0.6 is 0 Å². The summed E-state index contributed by atoms with van der Waals surface area (Å²) in [5, 5.41) is 20.2. The van der Waals surface area contributed by atoms with Gasteiger partial charge in [-0.3, -0.25) is 14.8 Å². The van der Waals surface area contributed by atoms with Gasteiger partial charge in [0.2, 0.25) is 0 Å². The molecule has 0 aliphatic rings. The molecule has 0 radical (unpaired) electrons. The summed E-state index contributed by atoms with van der Waals surface area (Å²) >= 11 is 0. The molecule has 0 fully saturated rings.